The van der Waals surface area contributed by atoms with Crippen LogP contribution in [-0.2, 0) is 22.7 Å². The minimum absolute atomic E-state index is 0.0613. The van der Waals surface area contributed by atoms with Gasteiger partial charge < -0.3 is 24.0 Å². The zero-order valence-corrected chi connectivity index (χ0v) is 22.5. The number of benzene rings is 3. The average molecular weight is 538 g/mol. The summed E-state index contributed by atoms with van der Waals surface area (Å²) in [4.78, 5) is 32.1. The molecule has 8 heteroatoms. The summed E-state index contributed by atoms with van der Waals surface area (Å²) in [6.45, 7) is 3.42. The molecule has 0 aliphatic carbocycles. The average Bonchev–Trinajstić information content (AvgIpc) is 3.58. The molecular formula is C32H31N3O5. The number of methoxy groups -OCH3 is 1. The number of carbonyl (C=O) groups is 2. The SMILES string of the molecule is COc1ccc(C2/C(=C(\O)c3ccc(OCc4cccc(C)c4)cc3)C(=O)C(=O)N2CCCn2ccnc2)cc1. The van der Waals surface area contributed by atoms with Crippen molar-refractivity contribution >= 4 is 17.4 Å². The summed E-state index contributed by atoms with van der Waals surface area (Å²) in [6.07, 6.45) is 5.87. The number of aromatic nitrogens is 2. The zero-order chi connectivity index (χ0) is 28.1. The summed E-state index contributed by atoms with van der Waals surface area (Å²) < 4.78 is 13.1. The van der Waals surface area contributed by atoms with E-state index in [1.165, 1.54) is 4.90 Å². The molecule has 8 nitrogen and oxygen atoms in total. The second-order valence-electron chi connectivity index (χ2n) is 9.72. The molecule has 0 spiro atoms. The monoisotopic (exact) mass is 537 g/mol. The summed E-state index contributed by atoms with van der Waals surface area (Å²) in [5, 5.41) is 11.4. The number of aliphatic hydroxyl groups excluding tert-OH is 1. The van der Waals surface area contributed by atoms with Gasteiger partial charge in [0.05, 0.1) is 25.1 Å². The first kappa shape index (κ1) is 26.7. The van der Waals surface area contributed by atoms with Crippen molar-refractivity contribution in [2.75, 3.05) is 13.7 Å². The summed E-state index contributed by atoms with van der Waals surface area (Å²) in [6, 6.07) is 21.4. The third-order valence-corrected chi connectivity index (χ3v) is 6.96. The maximum atomic E-state index is 13.3. The topological polar surface area (TPSA) is 93.9 Å². The highest BCUT2D eigenvalue weighted by molar-refractivity contribution is 6.46. The van der Waals surface area contributed by atoms with Crippen LogP contribution in [0.2, 0.25) is 0 Å². The molecular weight excluding hydrogens is 506 g/mol. The quantitative estimate of drug-likeness (QED) is 0.168. The molecule has 1 unspecified atom stereocenters. The lowest BCUT2D eigenvalue weighted by Gasteiger charge is -2.25. The normalized spacial score (nSPS) is 16.4. The van der Waals surface area contributed by atoms with Crippen LogP contribution in [-0.4, -0.2) is 44.9 Å². The first-order valence-corrected chi connectivity index (χ1v) is 13.1. The van der Waals surface area contributed by atoms with Crippen molar-refractivity contribution in [3.8, 4) is 11.5 Å². The fraction of sp³-hybridized carbons (Fsp3) is 0.219. The number of aryl methyl sites for hydroxylation is 2. The van der Waals surface area contributed by atoms with Crippen molar-refractivity contribution in [3.63, 3.8) is 0 Å². The van der Waals surface area contributed by atoms with E-state index in [1.54, 1.807) is 56.0 Å². The number of hydrogen-bond donors (Lipinski definition) is 1. The van der Waals surface area contributed by atoms with Gasteiger partial charge in [-0.15, -0.1) is 0 Å². The zero-order valence-electron chi connectivity index (χ0n) is 22.5. The molecule has 0 bridgehead atoms. The predicted octanol–water partition coefficient (Wildman–Crippen LogP) is 5.29. The van der Waals surface area contributed by atoms with Crippen molar-refractivity contribution in [2.24, 2.45) is 0 Å². The standard InChI is InChI=1S/C32H31N3O5/c1-22-5-3-6-23(19-22)20-40-27-13-9-25(10-14-27)30(36)28-29(24-7-11-26(39-2)12-8-24)35(32(38)31(28)37)17-4-16-34-18-15-33-21-34/h3,5-15,18-19,21,29,36H,4,16-17,20H2,1-2H3/b30-28+. The van der Waals surface area contributed by atoms with Gasteiger partial charge in [-0.25, -0.2) is 4.98 Å². The lowest BCUT2D eigenvalue weighted by molar-refractivity contribution is -0.139. The first-order valence-electron chi connectivity index (χ1n) is 13.1. The Balaban J connectivity index is 1.41. The summed E-state index contributed by atoms with van der Waals surface area (Å²) in [7, 11) is 1.57. The fourth-order valence-electron chi connectivity index (χ4n) is 4.92. The molecule has 0 radical (unpaired) electrons. The highest BCUT2D eigenvalue weighted by atomic mass is 16.5. The molecule has 1 fully saturated rings. The van der Waals surface area contributed by atoms with Gasteiger partial charge in [0.2, 0.25) is 0 Å². The molecule has 204 valence electrons. The second kappa shape index (κ2) is 11.9. The number of likely N-dealkylation sites (tertiary alicyclic amines) is 1. The maximum absolute atomic E-state index is 13.3. The van der Waals surface area contributed by atoms with Crippen molar-refractivity contribution in [1.82, 2.24) is 14.5 Å². The van der Waals surface area contributed by atoms with Gasteiger partial charge in [-0.1, -0.05) is 42.0 Å². The number of rotatable bonds is 10. The summed E-state index contributed by atoms with van der Waals surface area (Å²) in [5.74, 6) is -0.278. The number of hydrogen-bond acceptors (Lipinski definition) is 6. The van der Waals surface area contributed by atoms with Gasteiger partial charge in [-0.05, 0) is 60.9 Å². The number of nitrogens with zero attached hydrogens (tertiary/aromatic N) is 3. The molecule has 0 saturated carbocycles. The largest absolute Gasteiger partial charge is 0.507 e. The lowest BCUT2D eigenvalue weighted by Crippen LogP contribution is -2.31. The summed E-state index contributed by atoms with van der Waals surface area (Å²) in [5.41, 5.74) is 3.41. The molecule has 1 amide bonds. The molecule has 1 aromatic heterocycles. The molecule has 4 aromatic rings. The fourth-order valence-corrected chi connectivity index (χ4v) is 4.92. The highest BCUT2D eigenvalue weighted by Crippen LogP contribution is 2.40. The Labute approximate surface area is 233 Å². The molecule has 5 rings (SSSR count). The lowest BCUT2D eigenvalue weighted by atomic mass is 9.95. The van der Waals surface area contributed by atoms with Crippen molar-refractivity contribution in [2.45, 2.75) is 32.5 Å². The smallest absolute Gasteiger partial charge is 0.295 e. The Morgan fingerprint density at radius 1 is 0.975 bits per heavy atom. The van der Waals surface area contributed by atoms with Crippen molar-refractivity contribution < 1.29 is 24.2 Å². The van der Waals surface area contributed by atoms with Gasteiger partial charge in [0.1, 0.15) is 23.9 Å². The van der Waals surface area contributed by atoms with Crippen LogP contribution in [0.1, 0.15) is 34.7 Å². The Kier molecular flexibility index (Phi) is 7.96. The van der Waals surface area contributed by atoms with Crippen LogP contribution in [0.4, 0.5) is 0 Å². The van der Waals surface area contributed by atoms with Crippen molar-refractivity contribution in [1.29, 1.82) is 0 Å². The van der Waals surface area contributed by atoms with Gasteiger partial charge in [0.25, 0.3) is 11.7 Å². The number of carbonyl (C=O) groups excluding carboxylic acids is 2. The van der Waals surface area contributed by atoms with Crippen molar-refractivity contribution in [3.05, 3.63) is 119 Å². The van der Waals surface area contributed by atoms with Crippen LogP contribution in [0, 0.1) is 6.92 Å². The number of amides is 1. The highest BCUT2D eigenvalue weighted by Gasteiger charge is 2.45. The van der Waals surface area contributed by atoms with Gasteiger partial charge in [0, 0.05) is 31.0 Å². The number of ether oxygens (including phenoxy) is 2. The van der Waals surface area contributed by atoms with Crippen LogP contribution in [0.3, 0.4) is 0 Å². The van der Waals surface area contributed by atoms with E-state index < -0.39 is 17.7 Å². The van der Waals surface area contributed by atoms with E-state index in [2.05, 4.69) is 11.1 Å². The van der Waals surface area contributed by atoms with Crippen LogP contribution >= 0.6 is 0 Å². The van der Waals surface area contributed by atoms with Crippen LogP contribution < -0.4 is 9.47 Å². The first-order chi connectivity index (χ1) is 19.4. The maximum Gasteiger partial charge on any atom is 0.295 e. The molecule has 1 atom stereocenters. The third-order valence-electron chi connectivity index (χ3n) is 6.96. The van der Waals surface area contributed by atoms with E-state index in [-0.39, 0.29) is 11.3 Å². The Morgan fingerprint density at radius 3 is 2.40 bits per heavy atom. The van der Waals surface area contributed by atoms with Gasteiger partial charge in [0.15, 0.2) is 0 Å². The van der Waals surface area contributed by atoms with Gasteiger partial charge in [-0.2, -0.15) is 0 Å². The second-order valence-corrected chi connectivity index (χ2v) is 9.72. The number of Topliss-reactive ketones (excluding diaryl/α,β-unsaturated/α-hetero) is 1. The molecule has 2 heterocycles. The van der Waals surface area contributed by atoms with Gasteiger partial charge >= 0.3 is 0 Å². The van der Waals surface area contributed by atoms with E-state index in [0.29, 0.717) is 48.7 Å². The number of ketones is 1. The van der Waals surface area contributed by atoms with E-state index in [4.69, 9.17) is 9.47 Å². The minimum Gasteiger partial charge on any atom is -0.507 e. The molecule has 1 aliphatic rings. The Hall–Kier alpha value is -4.85. The Bertz CT molecular complexity index is 1510. The van der Waals surface area contributed by atoms with Crippen LogP contribution in [0.25, 0.3) is 5.76 Å². The van der Waals surface area contributed by atoms with E-state index in [9.17, 15) is 14.7 Å². The molecule has 1 N–H and O–H groups in total. The van der Waals surface area contributed by atoms with E-state index >= 15 is 0 Å². The van der Waals surface area contributed by atoms with Gasteiger partial charge in [-0.3, -0.25) is 9.59 Å². The van der Waals surface area contributed by atoms with Crippen LogP contribution in [0.5, 0.6) is 11.5 Å². The molecule has 40 heavy (non-hydrogen) atoms. The Morgan fingerprint density at radius 2 is 1.73 bits per heavy atom. The summed E-state index contributed by atoms with van der Waals surface area (Å²) >= 11 is 0. The molecule has 3 aromatic carbocycles. The van der Waals surface area contributed by atoms with E-state index in [0.717, 1.165) is 11.1 Å². The van der Waals surface area contributed by atoms with Crippen LogP contribution in [0.15, 0.2) is 97.1 Å². The van der Waals surface area contributed by atoms with E-state index in [1.807, 2.05) is 48.0 Å². The predicted molar refractivity (Wildman–Crippen MR) is 151 cm³/mol. The minimum atomic E-state index is -0.731. The third kappa shape index (κ3) is 5.76. The molecule has 1 saturated heterocycles. The molecule has 1 aliphatic heterocycles. The number of imidazole rings is 1. The number of aliphatic hydroxyl groups is 1.